The summed E-state index contributed by atoms with van der Waals surface area (Å²) in [4.78, 5) is 23.3. The summed E-state index contributed by atoms with van der Waals surface area (Å²) < 4.78 is 6.12. The van der Waals surface area contributed by atoms with Gasteiger partial charge in [-0.25, -0.2) is 0 Å². The van der Waals surface area contributed by atoms with E-state index in [-0.39, 0.29) is 24.2 Å². The predicted molar refractivity (Wildman–Crippen MR) is 97.2 cm³/mol. The molecule has 3 rings (SSSR count). The van der Waals surface area contributed by atoms with E-state index in [9.17, 15) is 4.79 Å². The van der Waals surface area contributed by atoms with Gasteiger partial charge in [0.25, 0.3) is 0 Å². The molecule has 1 aromatic heterocycles. The second kappa shape index (κ2) is 7.81. The quantitative estimate of drug-likeness (QED) is 0.802. The molecule has 2 aliphatic rings. The summed E-state index contributed by atoms with van der Waals surface area (Å²) in [5.41, 5.74) is 0.916. The highest BCUT2D eigenvalue weighted by atomic mass is 16.5. The van der Waals surface area contributed by atoms with Crippen molar-refractivity contribution in [2.45, 2.75) is 38.0 Å². The van der Waals surface area contributed by atoms with Crippen LogP contribution in [0.25, 0.3) is 0 Å². The summed E-state index contributed by atoms with van der Waals surface area (Å²) in [6.07, 6.45) is 3.78. The van der Waals surface area contributed by atoms with Crippen LogP contribution in [0.1, 0.15) is 25.5 Å². The van der Waals surface area contributed by atoms with Crippen LogP contribution in [-0.4, -0.2) is 84.1 Å². The van der Waals surface area contributed by atoms with E-state index < -0.39 is 0 Å². The Bertz CT molecular complexity index is 570. The number of likely N-dealkylation sites (N-methyl/N-ethyl adjacent to an activating group) is 1. The average Bonchev–Trinajstić information content (AvgIpc) is 2.61. The number of nitrogens with zero attached hydrogens (tertiary/aromatic N) is 4. The number of rotatable bonds is 5. The number of morpholine rings is 1. The van der Waals surface area contributed by atoms with Gasteiger partial charge < -0.3 is 14.5 Å². The number of hydrogen-bond acceptors (Lipinski definition) is 5. The highest BCUT2D eigenvalue weighted by molar-refractivity contribution is 5.78. The number of hydrogen-bond donors (Lipinski definition) is 0. The fourth-order valence-corrected chi connectivity index (χ4v) is 3.91. The Labute approximate surface area is 150 Å². The highest BCUT2D eigenvalue weighted by Crippen LogP contribution is 2.35. The molecule has 0 N–H and O–H groups in total. The Morgan fingerprint density at radius 2 is 2.08 bits per heavy atom. The number of likely N-dealkylation sites (tertiary alicyclic amines) is 1. The molecule has 138 valence electrons. The lowest BCUT2D eigenvalue weighted by Gasteiger charge is -2.51. The first-order chi connectivity index (χ1) is 12.0. The van der Waals surface area contributed by atoms with Gasteiger partial charge in [0.2, 0.25) is 5.91 Å². The Kier molecular flexibility index (Phi) is 5.71. The minimum atomic E-state index is -0.194. The molecule has 2 fully saturated rings. The predicted octanol–water partition coefficient (Wildman–Crippen LogP) is 1.23. The van der Waals surface area contributed by atoms with Crippen molar-refractivity contribution in [2.75, 3.05) is 46.9 Å². The van der Waals surface area contributed by atoms with Crippen molar-refractivity contribution in [3.63, 3.8) is 0 Å². The van der Waals surface area contributed by atoms with Crippen LogP contribution >= 0.6 is 0 Å². The Balaban J connectivity index is 1.60. The van der Waals surface area contributed by atoms with Gasteiger partial charge in [-0.3, -0.25) is 14.7 Å². The van der Waals surface area contributed by atoms with Gasteiger partial charge in [-0.2, -0.15) is 0 Å². The molecule has 1 atom stereocenters. The number of pyridine rings is 1. The lowest BCUT2D eigenvalue weighted by Crippen LogP contribution is -2.64. The summed E-state index contributed by atoms with van der Waals surface area (Å²) in [6.45, 7) is 6.88. The second-order valence-corrected chi connectivity index (χ2v) is 7.52. The van der Waals surface area contributed by atoms with E-state index in [1.807, 2.05) is 37.3 Å². The largest absolute Gasteiger partial charge is 0.363 e. The zero-order valence-corrected chi connectivity index (χ0v) is 15.6. The van der Waals surface area contributed by atoms with Crippen LogP contribution in [0.15, 0.2) is 24.4 Å². The van der Waals surface area contributed by atoms with Crippen LogP contribution in [0.2, 0.25) is 0 Å². The van der Waals surface area contributed by atoms with Crippen LogP contribution in [0.4, 0.5) is 0 Å². The van der Waals surface area contributed by atoms with Gasteiger partial charge >= 0.3 is 0 Å². The molecule has 0 saturated carbocycles. The van der Waals surface area contributed by atoms with Crippen LogP contribution in [-0.2, 0) is 16.1 Å². The van der Waals surface area contributed by atoms with Crippen molar-refractivity contribution >= 4 is 5.91 Å². The molecule has 3 heterocycles. The fourth-order valence-electron chi connectivity index (χ4n) is 3.91. The highest BCUT2D eigenvalue weighted by Gasteiger charge is 2.47. The molecular formula is C19H30N4O2. The molecular weight excluding hydrogens is 316 g/mol. The SMILES string of the molecule is C[C@H]1N(CCN(C)C)C(=O)COC12CCN(Cc1ccccn1)CC2. The van der Waals surface area contributed by atoms with Gasteiger partial charge in [-0.15, -0.1) is 0 Å². The molecule has 2 saturated heterocycles. The van der Waals surface area contributed by atoms with Crippen molar-refractivity contribution in [2.24, 2.45) is 0 Å². The minimum absolute atomic E-state index is 0.121. The zero-order valence-electron chi connectivity index (χ0n) is 15.6. The smallest absolute Gasteiger partial charge is 0.248 e. The third kappa shape index (κ3) is 4.19. The molecule has 0 unspecified atom stereocenters. The maximum atomic E-state index is 12.3. The van der Waals surface area contributed by atoms with E-state index in [1.165, 1.54) is 0 Å². The third-order valence-electron chi connectivity index (χ3n) is 5.63. The van der Waals surface area contributed by atoms with Gasteiger partial charge in [0, 0.05) is 38.9 Å². The molecule has 25 heavy (non-hydrogen) atoms. The number of carbonyl (C=O) groups is 1. The average molecular weight is 346 g/mol. The van der Waals surface area contributed by atoms with Gasteiger partial charge in [0.05, 0.1) is 17.3 Å². The van der Waals surface area contributed by atoms with Crippen molar-refractivity contribution in [1.82, 2.24) is 19.7 Å². The number of carbonyl (C=O) groups excluding carboxylic acids is 1. The van der Waals surface area contributed by atoms with Gasteiger partial charge in [-0.1, -0.05) is 6.07 Å². The van der Waals surface area contributed by atoms with E-state index in [1.54, 1.807) is 0 Å². The second-order valence-electron chi connectivity index (χ2n) is 7.52. The Morgan fingerprint density at radius 3 is 2.72 bits per heavy atom. The third-order valence-corrected chi connectivity index (χ3v) is 5.63. The summed E-state index contributed by atoms with van der Waals surface area (Å²) >= 11 is 0. The maximum Gasteiger partial charge on any atom is 0.248 e. The van der Waals surface area contributed by atoms with Gasteiger partial charge in [-0.05, 0) is 46.0 Å². The van der Waals surface area contributed by atoms with Gasteiger partial charge in [0.1, 0.15) is 6.61 Å². The van der Waals surface area contributed by atoms with E-state index in [0.717, 1.165) is 51.3 Å². The van der Waals surface area contributed by atoms with Crippen molar-refractivity contribution in [1.29, 1.82) is 0 Å². The van der Waals surface area contributed by atoms with Crippen LogP contribution < -0.4 is 0 Å². The minimum Gasteiger partial charge on any atom is -0.363 e. The van der Waals surface area contributed by atoms with E-state index >= 15 is 0 Å². The molecule has 1 spiro atoms. The molecule has 6 heteroatoms. The van der Waals surface area contributed by atoms with Crippen LogP contribution in [0, 0.1) is 0 Å². The monoisotopic (exact) mass is 346 g/mol. The van der Waals surface area contributed by atoms with Crippen molar-refractivity contribution < 1.29 is 9.53 Å². The Morgan fingerprint density at radius 1 is 1.32 bits per heavy atom. The number of aromatic nitrogens is 1. The van der Waals surface area contributed by atoms with Gasteiger partial charge in [0.15, 0.2) is 0 Å². The summed E-state index contributed by atoms with van der Waals surface area (Å²) in [7, 11) is 4.09. The summed E-state index contributed by atoms with van der Waals surface area (Å²) in [6, 6.07) is 6.19. The summed E-state index contributed by atoms with van der Waals surface area (Å²) in [5, 5.41) is 0. The topological polar surface area (TPSA) is 48.9 Å². The zero-order chi connectivity index (χ0) is 17.9. The number of amides is 1. The molecule has 0 bridgehead atoms. The first-order valence-corrected chi connectivity index (χ1v) is 9.21. The van der Waals surface area contributed by atoms with Crippen molar-refractivity contribution in [3.8, 4) is 0 Å². The first-order valence-electron chi connectivity index (χ1n) is 9.21. The first kappa shape index (κ1) is 18.3. The molecule has 0 aromatic carbocycles. The van der Waals surface area contributed by atoms with E-state index in [0.29, 0.717) is 0 Å². The molecule has 1 aromatic rings. The molecule has 2 aliphatic heterocycles. The standard InChI is InChI=1S/C19H30N4O2/c1-16-19(25-15-18(24)23(16)13-12-21(2)3)7-10-22(11-8-19)14-17-6-4-5-9-20-17/h4-6,9,16H,7-8,10-15H2,1-3H3/t16-/m1/s1. The lowest BCUT2D eigenvalue weighted by atomic mass is 9.82. The Hall–Kier alpha value is -1.50. The van der Waals surface area contributed by atoms with Crippen LogP contribution in [0.3, 0.4) is 0 Å². The van der Waals surface area contributed by atoms with E-state index in [4.69, 9.17) is 4.74 Å². The summed E-state index contributed by atoms with van der Waals surface area (Å²) in [5.74, 6) is 0.121. The lowest BCUT2D eigenvalue weighted by molar-refractivity contribution is -0.187. The van der Waals surface area contributed by atoms with Crippen molar-refractivity contribution in [3.05, 3.63) is 30.1 Å². The normalized spacial score (nSPS) is 24.2. The fraction of sp³-hybridized carbons (Fsp3) is 0.684. The maximum absolute atomic E-state index is 12.3. The molecule has 0 aliphatic carbocycles. The number of ether oxygens (including phenoxy) is 1. The van der Waals surface area contributed by atoms with Crippen LogP contribution in [0.5, 0.6) is 0 Å². The molecule has 1 amide bonds. The van der Waals surface area contributed by atoms with E-state index in [2.05, 4.69) is 27.8 Å². The number of piperidine rings is 1. The molecule has 0 radical (unpaired) electrons. The molecule has 6 nitrogen and oxygen atoms in total.